The minimum atomic E-state index is 0.793. The largest absolute Gasteiger partial charge is 0.497 e. The summed E-state index contributed by atoms with van der Waals surface area (Å²) in [6, 6.07) is 7.96. The Balaban J connectivity index is 0.000000304. The average molecular weight is 237 g/mol. The normalized spacial score (nSPS) is 9.76. The molecule has 1 rings (SSSR count). The molecule has 1 N–H and O–H groups in total. The summed E-state index contributed by atoms with van der Waals surface area (Å²) in [7, 11) is 1.67. The molecule has 1 aromatic rings. The third kappa shape index (κ3) is 9.88. The number of nitrogens with one attached hydrogen (secondary N) is 1. The van der Waals surface area contributed by atoms with E-state index in [-0.39, 0.29) is 0 Å². The van der Waals surface area contributed by atoms with Crippen molar-refractivity contribution in [3.63, 3.8) is 0 Å². The molecule has 0 saturated heterocycles. The summed E-state index contributed by atoms with van der Waals surface area (Å²) in [6.45, 7) is 11.0. The van der Waals surface area contributed by atoms with E-state index in [9.17, 15) is 0 Å². The van der Waals surface area contributed by atoms with Gasteiger partial charge in [-0.3, -0.25) is 0 Å². The predicted octanol–water partition coefficient (Wildman–Crippen LogP) is 3.65. The maximum atomic E-state index is 4.97. The highest BCUT2D eigenvalue weighted by Crippen LogP contribution is 2.09. The van der Waals surface area contributed by atoms with Crippen LogP contribution in [0.4, 0.5) is 0 Å². The molecule has 0 spiro atoms. The Bertz CT molecular complexity index is 267. The van der Waals surface area contributed by atoms with Gasteiger partial charge in [0.1, 0.15) is 5.75 Å². The topological polar surface area (TPSA) is 21.3 Å². The van der Waals surface area contributed by atoms with Gasteiger partial charge in [0, 0.05) is 0 Å². The van der Waals surface area contributed by atoms with E-state index >= 15 is 0 Å². The summed E-state index contributed by atoms with van der Waals surface area (Å²) >= 11 is 0. The molecule has 2 nitrogen and oxygen atoms in total. The standard InChI is InChI=1S/C8H10O.C7H17N/c1-7-3-5-8(9-2)6-4-7;1-4-5-8-6-7(2)3/h3-6H,1-2H3;7-8H,4-6H2,1-3H3. The zero-order chi connectivity index (χ0) is 13.1. The zero-order valence-electron chi connectivity index (χ0n) is 11.9. The summed E-state index contributed by atoms with van der Waals surface area (Å²) in [4.78, 5) is 0. The van der Waals surface area contributed by atoms with E-state index < -0.39 is 0 Å². The summed E-state index contributed by atoms with van der Waals surface area (Å²) in [5.41, 5.74) is 1.26. The SMILES string of the molecule is CCCNCC(C)C.COc1ccc(C)cc1. The molecule has 98 valence electrons. The van der Waals surface area contributed by atoms with Crippen LogP contribution in [0.15, 0.2) is 24.3 Å². The van der Waals surface area contributed by atoms with Gasteiger partial charge < -0.3 is 10.1 Å². The van der Waals surface area contributed by atoms with E-state index in [0.717, 1.165) is 24.8 Å². The Morgan fingerprint density at radius 2 is 1.76 bits per heavy atom. The fourth-order valence-electron chi connectivity index (χ4n) is 1.24. The van der Waals surface area contributed by atoms with Gasteiger partial charge in [-0.15, -0.1) is 0 Å². The van der Waals surface area contributed by atoms with Crippen LogP contribution in [0.2, 0.25) is 0 Å². The third-order valence-electron chi connectivity index (χ3n) is 2.24. The van der Waals surface area contributed by atoms with Gasteiger partial charge >= 0.3 is 0 Å². The van der Waals surface area contributed by atoms with Crippen molar-refractivity contribution < 1.29 is 4.74 Å². The minimum Gasteiger partial charge on any atom is -0.497 e. The lowest BCUT2D eigenvalue weighted by Gasteiger charge is -2.03. The average Bonchev–Trinajstić information content (AvgIpc) is 2.31. The molecule has 0 saturated carbocycles. The van der Waals surface area contributed by atoms with Gasteiger partial charge in [-0.2, -0.15) is 0 Å². The molecule has 0 amide bonds. The van der Waals surface area contributed by atoms with Gasteiger partial charge in [-0.1, -0.05) is 38.5 Å². The maximum absolute atomic E-state index is 4.97. The van der Waals surface area contributed by atoms with Crippen LogP contribution in [0.5, 0.6) is 5.75 Å². The van der Waals surface area contributed by atoms with Crippen LogP contribution in [-0.4, -0.2) is 20.2 Å². The molecule has 0 unspecified atom stereocenters. The van der Waals surface area contributed by atoms with Gasteiger partial charge in [0.15, 0.2) is 0 Å². The fraction of sp³-hybridized carbons (Fsp3) is 0.600. The smallest absolute Gasteiger partial charge is 0.118 e. The van der Waals surface area contributed by atoms with Crippen molar-refractivity contribution in [2.24, 2.45) is 5.92 Å². The highest BCUT2D eigenvalue weighted by atomic mass is 16.5. The lowest BCUT2D eigenvalue weighted by atomic mass is 10.2. The summed E-state index contributed by atoms with van der Waals surface area (Å²) in [6.07, 6.45) is 1.24. The van der Waals surface area contributed by atoms with Crippen molar-refractivity contribution in [3.8, 4) is 5.75 Å². The highest BCUT2D eigenvalue weighted by Gasteiger charge is 1.88. The van der Waals surface area contributed by atoms with Crippen LogP contribution in [0.1, 0.15) is 32.8 Å². The van der Waals surface area contributed by atoms with E-state index in [1.807, 2.05) is 24.3 Å². The lowest BCUT2D eigenvalue weighted by molar-refractivity contribution is 0.414. The Hall–Kier alpha value is -1.02. The molecule has 0 aliphatic heterocycles. The third-order valence-corrected chi connectivity index (χ3v) is 2.24. The first-order chi connectivity index (χ1) is 8.10. The van der Waals surface area contributed by atoms with Gasteiger partial charge in [0.25, 0.3) is 0 Å². The Morgan fingerprint density at radius 3 is 2.18 bits per heavy atom. The number of rotatable bonds is 5. The van der Waals surface area contributed by atoms with E-state index in [0.29, 0.717) is 0 Å². The van der Waals surface area contributed by atoms with Crippen molar-refractivity contribution in [1.29, 1.82) is 0 Å². The molecular weight excluding hydrogens is 210 g/mol. The maximum Gasteiger partial charge on any atom is 0.118 e. The van der Waals surface area contributed by atoms with Crippen LogP contribution in [0, 0.1) is 12.8 Å². The number of aryl methyl sites for hydroxylation is 1. The monoisotopic (exact) mass is 237 g/mol. The number of methoxy groups -OCH3 is 1. The van der Waals surface area contributed by atoms with Gasteiger partial charge in [0.05, 0.1) is 7.11 Å². The van der Waals surface area contributed by atoms with Crippen LogP contribution in [0.25, 0.3) is 0 Å². The second kappa shape index (κ2) is 10.2. The first-order valence-corrected chi connectivity index (χ1v) is 6.41. The first kappa shape index (κ1) is 16.0. The van der Waals surface area contributed by atoms with Crippen molar-refractivity contribution >= 4 is 0 Å². The number of ether oxygens (including phenoxy) is 1. The molecule has 0 aliphatic carbocycles. The van der Waals surface area contributed by atoms with Crippen LogP contribution in [-0.2, 0) is 0 Å². The van der Waals surface area contributed by atoms with Gasteiger partial charge in [-0.05, 0) is 44.5 Å². The summed E-state index contributed by atoms with van der Waals surface area (Å²) < 4.78 is 4.97. The first-order valence-electron chi connectivity index (χ1n) is 6.41. The van der Waals surface area contributed by atoms with Crippen molar-refractivity contribution in [3.05, 3.63) is 29.8 Å². The van der Waals surface area contributed by atoms with Gasteiger partial charge in [0.2, 0.25) is 0 Å². The molecule has 0 aliphatic rings. The Labute approximate surface area is 106 Å². The zero-order valence-corrected chi connectivity index (χ0v) is 11.9. The summed E-state index contributed by atoms with van der Waals surface area (Å²) in [5.74, 6) is 1.71. The van der Waals surface area contributed by atoms with Crippen LogP contribution >= 0.6 is 0 Å². The predicted molar refractivity (Wildman–Crippen MR) is 75.7 cm³/mol. The molecule has 0 atom stereocenters. The molecular formula is C15H27NO. The van der Waals surface area contributed by atoms with Crippen molar-refractivity contribution in [2.45, 2.75) is 34.1 Å². The quantitative estimate of drug-likeness (QED) is 0.789. The molecule has 17 heavy (non-hydrogen) atoms. The van der Waals surface area contributed by atoms with Gasteiger partial charge in [-0.25, -0.2) is 0 Å². The van der Waals surface area contributed by atoms with E-state index in [1.54, 1.807) is 7.11 Å². The Kier molecular flexibility index (Phi) is 9.55. The van der Waals surface area contributed by atoms with Crippen molar-refractivity contribution in [1.82, 2.24) is 5.32 Å². The molecule has 1 aromatic carbocycles. The minimum absolute atomic E-state index is 0.793. The Morgan fingerprint density at radius 1 is 1.18 bits per heavy atom. The van der Waals surface area contributed by atoms with Crippen molar-refractivity contribution in [2.75, 3.05) is 20.2 Å². The van der Waals surface area contributed by atoms with E-state index in [1.165, 1.54) is 12.0 Å². The molecule has 0 aromatic heterocycles. The number of benzene rings is 1. The summed E-state index contributed by atoms with van der Waals surface area (Å²) in [5, 5.41) is 3.33. The lowest BCUT2D eigenvalue weighted by Crippen LogP contribution is -2.19. The number of hydrogen-bond acceptors (Lipinski definition) is 2. The second-order valence-electron chi connectivity index (χ2n) is 4.62. The second-order valence-corrected chi connectivity index (χ2v) is 4.62. The number of hydrogen-bond donors (Lipinski definition) is 1. The van der Waals surface area contributed by atoms with Crippen LogP contribution in [0.3, 0.4) is 0 Å². The van der Waals surface area contributed by atoms with E-state index in [4.69, 9.17) is 4.74 Å². The highest BCUT2D eigenvalue weighted by molar-refractivity contribution is 5.25. The molecule has 0 fully saturated rings. The molecule has 0 heterocycles. The van der Waals surface area contributed by atoms with Crippen LogP contribution < -0.4 is 10.1 Å². The van der Waals surface area contributed by atoms with E-state index in [2.05, 4.69) is 33.0 Å². The fourth-order valence-corrected chi connectivity index (χ4v) is 1.24. The molecule has 2 heteroatoms. The molecule has 0 radical (unpaired) electrons. The molecule has 0 bridgehead atoms.